The average molecular weight is 371 g/mol. The van der Waals surface area contributed by atoms with Crippen molar-refractivity contribution in [3.63, 3.8) is 0 Å². The Morgan fingerprint density at radius 1 is 0.857 bits per heavy atom. The molecule has 2 heteroatoms. The van der Waals surface area contributed by atoms with Crippen LogP contribution < -0.4 is 0 Å². The zero-order chi connectivity index (χ0) is 19.9. The molecular formula is C26H30N2. The van der Waals surface area contributed by atoms with E-state index >= 15 is 0 Å². The molecule has 0 bridgehead atoms. The molecule has 0 atom stereocenters. The Hall–Kier alpha value is -2.58. The number of nitriles is 2. The Morgan fingerprint density at radius 2 is 1.54 bits per heavy atom. The predicted octanol–water partition coefficient (Wildman–Crippen LogP) is 7.26. The molecule has 0 N–H and O–H groups in total. The predicted molar refractivity (Wildman–Crippen MR) is 115 cm³/mol. The molecule has 28 heavy (non-hydrogen) atoms. The molecule has 2 nitrogen and oxygen atoms in total. The molecule has 1 saturated carbocycles. The summed E-state index contributed by atoms with van der Waals surface area (Å²) in [6.07, 6.45) is 10.1. The van der Waals surface area contributed by atoms with Crippen LogP contribution in [0.2, 0.25) is 0 Å². The van der Waals surface area contributed by atoms with E-state index in [9.17, 15) is 10.5 Å². The average Bonchev–Trinajstić information content (AvgIpc) is 2.74. The van der Waals surface area contributed by atoms with Gasteiger partial charge in [-0.3, -0.25) is 0 Å². The van der Waals surface area contributed by atoms with Gasteiger partial charge in [-0.15, -0.1) is 0 Å². The number of benzene rings is 2. The minimum atomic E-state index is 0.413. The van der Waals surface area contributed by atoms with E-state index < -0.39 is 0 Å². The number of aryl methyl sites for hydroxylation is 1. The van der Waals surface area contributed by atoms with Gasteiger partial charge in [-0.2, -0.15) is 10.5 Å². The molecule has 144 valence electrons. The summed E-state index contributed by atoms with van der Waals surface area (Å²) in [6, 6.07) is 17.0. The van der Waals surface area contributed by atoms with Crippen LogP contribution in [0.5, 0.6) is 0 Å². The highest BCUT2D eigenvalue weighted by Gasteiger charge is 2.26. The Morgan fingerprint density at radius 3 is 2.14 bits per heavy atom. The second-order valence-corrected chi connectivity index (χ2v) is 8.26. The van der Waals surface area contributed by atoms with Crippen molar-refractivity contribution in [3.05, 3.63) is 58.7 Å². The fourth-order valence-electron chi connectivity index (χ4n) is 4.61. The molecule has 1 aliphatic carbocycles. The van der Waals surface area contributed by atoms with Crippen molar-refractivity contribution in [2.45, 2.75) is 71.1 Å². The quantitative estimate of drug-likeness (QED) is 0.502. The lowest BCUT2D eigenvalue weighted by atomic mass is 9.75. The highest BCUT2D eigenvalue weighted by Crippen LogP contribution is 2.40. The van der Waals surface area contributed by atoms with E-state index in [0.717, 1.165) is 35.4 Å². The Labute approximate surface area is 169 Å². The van der Waals surface area contributed by atoms with Crippen LogP contribution in [0.1, 0.15) is 86.5 Å². The van der Waals surface area contributed by atoms with Crippen LogP contribution >= 0.6 is 0 Å². The van der Waals surface area contributed by atoms with Gasteiger partial charge in [0.25, 0.3) is 0 Å². The molecule has 0 heterocycles. The first kappa shape index (κ1) is 20.2. The second-order valence-electron chi connectivity index (χ2n) is 8.26. The van der Waals surface area contributed by atoms with Crippen molar-refractivity contribution in [2.75, 3.05) is 0 Å². The first-order chi connectivity index (χ1) is 13.7. The monoisotopic (exact) mass is 370 g/mol. The van der Waals surface area contributed by atoms with Gasteiger partial charge in [-0.25, -0.2) is 0 Å². The lowest BCUT2D eigenvalue weighted by Gasteiger charge is -2.29. The zero-order valence-corrected chi connectivity index (χ0v) is 17.2. The Kier molecular flexibility index (Phi) is 6.89. The third-order valence-electron chi connectivity index (χ3n) is 6.33. The third kappa shape index (κ3) is 4.45. The molecule has 1 aliphatic rings. The zero-order valence-electron chi connectivity index (χ0n) is 17.2. The normalized spacial score (nSPS) is 19.0. The topological polar surface area (TPSA) is 47.6 Å². The number of hydrogen-bond donors (Lipinski definition) is 0. The SMILES string of the molecule is CCCCC[C@H]1CC[C@H](c2ccc(-c3ccc(C)cc3)c(C#N)c2C#N)CC1. The minimum Gasteiger partial charge on any atom is -0.192 e. The summed E-state index contributed by atoms with van der Waals surface area (Å²) in [5, 5.41) is 19.7. The molecule has 0 unspecified atom stereocenters. The molecule has 2 aromatic carbocycles. The second kappa shape index (κ2) is 9.57. The van der Waals surface area contributed by atoms with E-state index in [1.54, 1.807) is 0 Å². The summed E-state index contributed by atoms with van der Waals surface area (Å²) in [5.41, 5.74) is 5.28. The van der Waals surface area contributed by atoms with E-state index in [2.05, 4.69) is 44.2 Å². The molecule has 0 spiro atoms. The molecule has 1 fully saturated rings. The smallest absolute Gasteiger partial charge is 0.101 e. The first-order valence-electron chi connectivity index (χ1n) is 10.7. The largest absolute Gasteiger partial charge is 0.192 e. The highest BCUT2D eigenvalue weighted by atomic mass is 14.3. The van der Waals surface area contributed by atoms with Crippen LogP contribution in [0.25, 0.3) is 11.1 Å². The van der Waals surface area contributed by atoms with Crippen molar-refractivity contribution >= 4 is 0 Å². The first-order valence-corrected chi connectivity index (χ1v) is 10.7. The van der Waals surface area contributed by atoms with Crippen LogP contribution in [0.4, 0.5) is 0 Å². The summed E-state index contributed by atoms with van der Waals surface area (Å²) in [6.45, 7) is 4.31. The van der Waals surface area contributed by atoms with E-state index in [0.29, 0.717) is 17.0 Å². The fourth-order valence-corrected chi connectivity index (χ4v) is 4.61. The van der Waals surface area contributed by atoms with Gasteiger partial charge in [0.15, 0.2) is 0 Å². The minimum absolute atomic E-state index is 0.413. The highest BCUT2D eigenvalue weighted by molar-refractivity contribution is 5.75. The van der Waals surface area contributed by atoms with Crippen LogP contribution in [0.3, 0.4) is 0 Å². The van der Waals surface area contributed by atoms with Gasteiger partial charge in [0.05, 0.1) is 11.1 Å². The summed E-state index contributed by atoms with van der Waals surface area (Å²) >= 11 is 0. The molecule has 0 radical (unpaired) electrons. The van der Waals surface area contributed by atoms with Crippen molar-refractivity contribution in [3.8, 4) is 23.3 Å². The maximum Gasteiger partial charge on any atom is 0.101 e. The van der Waals surface area contributed by atoms with E-state index in [1.807, 2.05) is 18.2 Å². The van der Waals surface area contributed by atoms with Crippen LogP contribution in [0.15, 0.2) is 36.4 Å². The van der Waals surface area contributed by atoms with Crippen molar-refractivity contribution in [1.29, 1.82) is 10.5 Å². The molecule has 0 aliphatic heterocycles. The van der Waals surface area contributed by atoms with Gasteiger partial charge >= 0.3 is 0 Å². The van der Waals surface area contributed by atoms with Gasteiger partial charge in [0.2, 0.25) is 0 Å². The van der Waals surface area contributed by atoms with Crippen molar-refractivity contribution in [1.82, 2.24) is 0 Å². The van der Waals surface area contributed by atoms with Crippen LogP contribution in [-0.4, -0.2) is 0 Å². The molecule has 0 aromatic heterocycles. The maximum atomic E-state index is 9.87. The Balaban J connectivity index is 1.83. The van der Waals surface area contributed by atoms with Gasteiger partial charge in [0, 0.05) is 5.56 Å². The standard InChI is InChI=1S/C26H30N2/c1-3-4-5-6-20-9-13-22(14-10-20)24-16-15-23(25(17-27)26(24)18-28)21-11-7-19(2)8-12-21/h7-8,11-12,15-16,20,22H,3-6,9-10,13-14H2,1-2H3/t20-,22-. The lowest BCUT2D eigenvalue weighted by Crippen LogP contribution is -2.15. The molecule has 3 rings (SSSR count). The molecule has 0 amide bonds. The number of nitrogens with zero attached hydrogens (tertiary/aromatic N) is 2. The van der Waals surface area contributed by atoms with E-state index in [1.165, 1.54) is 44.1 Å². The van der Waals surface area contributed by atoms with Gasteiger partial charge in [-0.1, -0.05) is 74.6 Å². The van der Waals surface area contributed by atoms with Crippen LogP contribution in [-0.2, 0) is 0 Å². The third-order valence-corrected chi connectivity index (χ3v) is 6.33. The number of rotatable bonds is 6. The molecular weight excluding hydrogens is 340 g/mol. The lowest BCUT2D eigenvalue weighted by molar-refractivity contribution is 0.302. The van der Waals surface area contributed by atoms with Crippen molar-refractivity contribution < 1.29 is 0 Å². The fraction of sp³-hybridized carbons (Fsp3) is 0.462. The van der Waals surface area contributed by atoms with Gasteiger partial charge < -0.3 is 0 Å². The summed E-state index contributed by atoms with van der Waals surface area (Å²) < 4.78 is 0. The summed E-state index contributed by atoms with van der Waals surface area (Å²) in [4.78, 5) is 0. The van der Waals surface area contributed by atoms with Crippen LogP contribution in [0, 0.1) is 35.5 Å². The summed E-state index contributed by atoms with van der Waals surface area (Å²) in [5.74, 6) is 1.26. The van der Waals surface area contributed by atoms with Crippen molar-refractivity contribution in [2.24, 2.45) is 5.92 Å². The number of hydrogen-bond acceptors (Lipinski definition) is 2. The maximum absolute atomic E-state index is 9.87. The van der Waals surface area contributed by atoms with E-state index in [-0.39, 0.29) is 0 Å². The summed E-state index contributed by atoms with van der Waals surface area (Å²) in [7, 11) is 0. The van der Waals surface area contributed by atoms with Gasteiger partial charge in [-0.05, 0) is 55.6 Å². The Bertz CT molecular complexity index is 872. The molecule has 0 saturated heterocycles. The van der Waals surface area contributed by atoms with Gasteiger partial charge in [0.1, 0.15) is 12.1 Å². The van der Waals surface area contributed by atoms with E-state index in [4.69, 9.17) is 0 Å². The number of unbranched alkanes of at least 4 members (excludes halogenated alkanes) is 2. The molecule has 2 aromatic rings.